The van der Waals surface area contributed by atoms with Crippen LogP contribution in [0.25, 0.3) is 5.69 Å². The Labute approximate surface area is 68.5 Å². The fourth-order valence-corrected chi connectivity index (χ4v) is 1.01. The third kappa shape index (κ3) is 1.03. The molecule has 0 amide bonds. The van der Waals surface area contributed by atoms with Crippen LogP contribution >= 0.6 is 0 Å². The Morgan fingerprint density at radius 2 is 2.00 bits per heavy atom. The molecule has 0 radical (unpaired) electrons. The zero-order chi connectivity index (χ0) is 8.39. The van der Waals surface area contributed by atoms with Crippen molar-refractivity contribution in [3.8, 4) is 5.69 Å². The molecule has 4 nitrogen and oxygen atoms in total. The summed E-state index contributed by atoms with van der Waals surface area (Å²) in [5.74, 6) is 0. The van der Waals surface area contributed by atoms with Gasteiger partial charge in [0.15, 0.2) is 0 Å². The molecule has 0 unspecified atom stereocenters. The van der Waals surface area contributed by atoms with Gasteiger partial charge in [0, 0.05) is 0 Å². The highest BCUT2D eigenvalue weighted by Crippen LogP contribution is 1.99. The largest absolute Gasteiger partial charge is 0.347 e. The van der Waals surface area contributed by atoms with Crippen molar-refractivity contribution in [1.82, 2.24) is 14.8 Å². The first-order valence-electron chi connectivity index (χ1n) is 3.56. The summed E-state index contributed by atoms with van der Waals surface area (Å²) in [4.78, 5) is 13.5. The van der Waals surface area contributed by atoms with E-state index in [1.807, 2.05) is 30.3 Å². The van der Waals surface area contributed by atoms with Gasteiger partial charge in [-0.2, -0.15) is 9.78 Å². The van der Waals surface area contributed by atoms with Crippen molar-refractivity contribution in [2.75, 3.05) is 0 Å². The minimum absolute atomic E-state index is 0.221. The number of rotatable bonds is 1. The second-order valence-corrected chi connectivity index (χ2v) is 2.34. The third-order valence-electron chi connectivity index (χ3n) is 1.55. The Balaban J connectivity index is 2.59. The molecule has 0 aliphatic carbocycles. The van der Waals surface area contributed by atoms with Gasteiger partial charge in [0.05, 0.1) is 5.69 Å². The van der Waals surface area contributed by atoms with E-state index in [-0.39, 0.29) is 5.69 Å². The number of para-hydroxylation sites is 1. The van der Waals surface area contributed by atoms with Gasteiger partial charge in [0.25, 0.3) is 0 Å². The fraction of sp³-hybridized carbons (Fsp3) is 0. The molecule has 60 valence electrons. The quantitative estimate of drug-likeness (QED) is 0.664. The number of aromatic amines is 1. The maximum absolute atomic E-state index is 11.1. The molecule has 0 saturated carbocycles. The third-order valence-corrected chi connectivity index (χ3v) is 1.55. The summed E-state index contributed by atoms with van der Waals surface area (Å²) >= 11 is 0. The van der Waals surface area contributed by atoms with E-state index < -0.39 is 0 Å². The zero-order valence-electron chi connectivity index (χ0n) is 6.27. The van der Waals surface area contributed by atoms with E-state index in [0.29, 0.717) is 0 Å². The van der Waals surface area contributed by atoms with Crippen molar-refractivity contribution >= 4 is 0 Å². The van der Waals surface area contributed by atoms with Crippen LogP contribution in [0.1, 0.15) is 0 Å². The number of nitrogens with one attached hydrogen (secondary N) is 1. The molecule has 0 bridgehead atoms. The summed E-state index contributed by atoms with van der Waals surface area (Å²) in [6.07, 6.45) is 1.37. The Hall–Kier alpha value is -1.84. The summed E-state index contributed by atoms with van der Waals surface area (Å²) in [5.41, 5.74) is 0.546. The van der Waals surface area contributed by atoms with Gasteiger partial charge in [-0.25, -0.2) is 4.79 Å². The molecule has 1 aromatic carbocycles. The number of H-pyrrole nitrogens is 1. The van der Waals surface area contributed by atoms with Crippen LogP contribution in [0.3, 0.4) is 0 Å². The first kappa shape index (κ1) is 6.84. The molecule has 0 aliphatic rings. The Morgan fingerprint density at radius 3 is 2.58 bits per heavy atom. The molecule has 1 heterocycles. The molecule has 4 heteroatoms. The summed E-state index contributed by atoms with van der Waals surface area (Å²) < 4.78 is 1.31. The van der Waals surface area contributed by atoms with Crippen molar-refractivity contribution < 1.29 is 0 Å². The Morgan fingerprint density at radius 1 is 1.25 bits per heavy atom. The molecule has 2 rings (SSSR count). The Bertz CT molecular complexity index is 415. The van der Waals surface area contributed by atoms with Crippen molar-refractivity contribution in [2.24, 2.45) is 0 Å². The van der Waals surface area contributed by atoms with Crippen LogP contribution in [-0.4, -0.2) is 14.8 Å². The van der Waals surface area contributed by atoms with Crippen molar-refractivity contribution in [1.29, 1.82) is 0 Å². The maximum Gasteiger partial charge on any atom is 0.347 e. The highest BCUT2D eigenvalue weighted by Gasteiger charge is 1.97. The van der Waals surface area contributed by atoms with Gasteiger partial charge in [0.2, 0.25) is 0 Å². The summed E-state index contributed by atoms with van der Waals surface area (Å²) in [6, 6.07) is 9.25. The lowest BCUT2D eigenvalue weighted by atomic mass is 10.3. The monoisotopic (exact) mass is 161 g/mol. The molecule has 2 aromatic rings. The van der Waals surface area contributed by atoms with E-state index in [0.717, 1.165) is 5.69 Å². The lowest BCUT2D eigenvalue weighted by molar-refractivity contribution is 0.843. The van der Waals surface area contributed by atoms with E-state index >= 15 is 0 Å². The molecule has 0 spiro atoms. The summed E-state index contributed by atoms with van der Waals surface area (Å²) in [6.45, 7) is 0. The van der Waals surface area contributed by atoms with Gasteiger partial charge < -0.3 is 0 Å². The normalized spacial score (nSPS) is 10.0. The van der Waals surface area contributed by atoms with E-state index in [2.05, 4.69) is 10.1 Å². The van der Waals surface area contributed by atoms with E-state index in [9.17, 15) is 4.79 Å². The average molecular weight is 161 g/mol. The molecule has 1 aromatic heterocycles. The predicted octanol–water partition coefficient (Wildman–Crippen LogP) is 0.561. The molecule has 0 fully saturated rings. The van der Waals surface area contributed by atoms with E-state index in [4.69, 9.17) is 0 Å². The molecule has 12 heavy (non-hydrogen) atoms. The van der Waals surface area contributed by atoms with Gasteiger partial charge >= 0.3 is 5.69 Å². The first-order chi connectivity index (χ1) is 5.88. The number of hydrogen-bond donors (Lipinski definition) is 1. The maximum atomic E-state index is 11.1. The fourth-order valence-electron chi connectivity index (χ4n) is 1.01. The lowest BCUT2D eigenvalue weighted by Gasteiger charge is -1.95. The Kier molecular flexibility index (Phi) is 1.51. The zero-order valence-corrected chi connectivity index (χ0v) is 6.27. The minimum atomic E-state index is -0.221. The van der Waals surface area contributed by atoms with Gasteiger partial charge in [-0.3, -0.25) is 4.98 Å². The van der Waals surface area contributed by atoms with Gasteiger partial charge in [-0.15, -0.1) is 0 Å². The average Bonchev–Trinajstić information content (AvgIpc) is 2.53. The molecule has 0 aliphatic heterocycles. The highest BCUT2D eigenvalue weighted by molar-refractivity contribution is 5.28. The summed E-state index contributed by atoms with van der Waals surface area (Å²) in [5, 5.41) is 3.83. The number of benzene rings is 1. The van der Waals surface area contributed by atoms with Crippen LogP contribution in [-0.2, 0) is 0 Å². The lowest BCUT2D eigenvalue weighted by Crippen LogP contribution is -2.15. The number of nitrogens with zero attached hydrogens (tertiary/aromatic N) is 2. The van der Waals surface area contributed by atoms with Gasteiger partial charge in [-0.1, -0.05) is 18.2 Å². The second-order valence-electron chi connectivity index (χ2n) is 2.34. The van der Waals surface area contributed by atoms with Crippen LogP contribution in [0.4, 0.5) is 0 Å². The van der Waals surface area contributed by atoms with E-state index in [1.54, 1.807) is 0 Å². The molecule has 1 N–H and O–H groups in total. The molecule has 0 saturated heterocycles. The van der Waals surface area contributed by atoms with Crippen LogP contribution in [0.5, 0.6) is 0 Å². The van der Waals surface area contributed by atoms with Crippen molar-refractivity contribution in [3.63, 3.8) is 0 Å². The molecule has 0 atom stereocenters. The second kappa shape index (κ2) is 2.65. The van der Waals surface area contributed by atoms with Crippen LogP contribution < -0.4 is 5.69 Å². The smallest absolute Gasteiger partial charge is 0.295 e. The van der Waals surface area contributed by atoms with Gasteiger partial charge in [-0.05, 0) is 12.1 Å². The topological polar surface area (TPSA) is 50.7 Å². The van der Waals surface area contributed by atoms with Gasteiger partial charge in [0.1, 0.15) is 6.33 Å². The van der Waals surface area contributed by atoms with Crippen LogP contribution in [0.2, 0.25) is 0 Å². The van der Waals surface area contributed by atoms with Crippen LogP contribution in [0.15, 0.2) is 41.5 Å². The highest BCUT2D eigenvalue weighted by atomic mass is 16.1. The minimum Gasteiger partial charge on any atom is -0.295 e. The van der Waals surface area contributed by atoms with Crippen molar-refractivity contribution in [2.45, 2.75) is 0 Å². The van der Waals surface area contributed by atoms with Crippen LogP contribution in [0, 0.1) is 0 Å². The first-order valence-corrected chi connectivity index (χ1v) is 3.56. The molecular formula is C8H7N3O. The summed E-state index contributed by atoms with van der Waals surface area (Å²) in [7, 11) is 0. The standard InChI is InChI=1S/C8H7N3O/c12-8-9-6-10-11(8)7-4-2-1-3-5-7/h1-6H,(H,9,10,12). The molecular weight excluding hydrogens is 154 g/mol. The van der Waals surface area contributed by atoms with Crippen molar-refractivity contribution in [3.05, 3.63) is 47.1 Å². The predicted molar refractivity (Wildman–Crippen MR) is 44.2 cm³/mol. The number of aromatic nitrogens is 3. The number of hydrogen-bond acceptors (Lipinski definition) is 2. The van der Waals surface area contributed by atoms with E-state index in [1.165, 1.54) is 11.0 Å². The SMILES string of the molecule is O=c1[nH]cnn1-c1ccccc1.